The normalized spacial score (nSPS) is 10.7. The lowest BCUT2D eigenvalue weighted by Crippen LogP contribution is -2.28. The first-order valence-electron chi connectivity index (χ1n) is 8.68. The van der Waals surface area contributed by atoms with E-state index in [1.54, 1.807) is 41.3 Å². The number of nitrogens with zero attached hydrogens (tertiary/aromatic N) is 1. The zero-order valence-corrected chi connectivity index (χ0v) is 18.4. The summed E-state index contributed by atoms with van der Waals surface area (Å²) in [5, 5.41) is 10.6. The SMILES string of the molecule is COc1ccc(CN(C(=O)/C=C/CBr)c2cc(OC)c(OC)c(OC)c2)cc1O. The van der Waals surface area contributed by atoms with Crippen LogP contribution in [0.25, 0.3) is 0 Å². The molecule has 0 fully saturated rings. The highest BCUT2D eigenvalue weighted by atomic mass is 79.9. The Morgan fingerprint density at radius 2 is 1.62 bits per heavy atom. The van der Waals surface area contributed by atoms with Gasteiger partial charge < -0.3 is 29.0 Å². The monoisotopic (exact) mass is 465 g/mol. The molecule has 0 aliphatic heterocycles. The molecule has 0 radical (unpaired) electrons. The predicted molar refractivity (Wildman–Crippen MR) is 115 cm³/mol. The van der Waals surface area contributed by atoms with Gasteiger partial charge in [-0.15, -0.1) is 0 Å². The summed E-state index contributed by atoms with van der Waals surface area (Å²) in [6.45, 7) is 0.210. The van der Waals surface area contributed by atoms with Crippen molar-refractivity contribution in [1.82, 2.24) is 0 Å². The standard InChI is InChI=1S/C21H24BrNO6/c1-26-17-8-7-14(10-16(17)24)13-23(20(25)6-5-9-22)15-11-18(27-2)21(29-4)19(12-15)28-3/h5-8,10-12,24H,9,13H2,1-4H3/b6-5+. The summed E-state index contributed by atoms with van der Waals surface area (Å²) in [6, 6.07) is 8.39. The minimum atomic E-state index is -0.242. The number of halogens is 1. The van der Waals surface area contributed by atoms with E-state index in [-0.39, 0.29) is 18.2 Å². The van der Waals surface area contributed by atoms with Crippen molar-refractivity contribution in [1.29, 1.82) is 0 Å². The van der Waals surface area contributed by atoms with E-state index >= 15 is 0 Å². The van der Waals surface area contributed by atoms with Gasteiger partial charge in [0, 0.05) is 23.5 Å². The summed E-state index contributed by atoms with van der Waals surface area (Å²) in [5.41, 5.74) is 1.27. The van der Waals surface area contributed by atoms with E-state index in [9.17, 15) is 9.90 Å². The van der Waals surface area contributed by atoms with Crippen molar-refractivity contribution in [2.75, 3.05) is 38.7 Å². The molecule has 2 aromatic carbocycles. The van der Waals surface area contributed by atoms with Crippen molar-refractivity contribution in [3.63, 3.8) is 0 Å². The molecule has 0 aliphatic carbocycles. The summed E-state index contributed by atoms with van der Waals surface area (Å²) >= 11 is 3.28. The van der Waals surface area contributed by atoms with Crippen LogP contribution in [0, 0.1) is 0 Å². The van der Waals surface area contributed by atoms with Gasteiger partial charge >= 0.3 is 0 Å². The number of benzene rings is 2. The largest absolute Gasteiger partial charge is 0.504 e. The van der Waals surface area contributed by atoms with E-state index in [0.29, 0.717) is 34.0 Å². The number of ether oxygens (including phenoxy) is 4. The van der Waals surface area contributed by atoms with E-state index in [2.05, 4.69) is 15.9 Å². The number of methoxy groups -OCH3 is 4. The summed E-state index contributed by atoms with van der Waals surface area (Å²) in [5.74, 6) is 1.42. The van der Waals surface area contributed by atoms with Crippen LogP contribution in [0.15, 0.2) is 42.5 Å². The quantitative estimate of drug-likeness (QED) is 0.446. The first kappa shape index (κ1) is 22.4. The molecule has 0 spiro atoms. The number of hydrogen-bond acceptors (Lipinski definition) is 6. The van der Waals surface area contributed by atoms with Gasteiger partial charge in [-0.05, 0) is 17.7 Å². The summed E-state index contributed by atoms with van der Waals surface area (Å²) < 4.78 is 21.2. The molecule has 8 heteroatoms. The lowest BCUT2D eigenvalue weighted by Gasteiger charge is -2.24. The van der Waals surface area contributed by atoms with E-state index in [4.69, 9.17) is 18.9 Å². The van der Waals surface area contributed by atoms with Crippen LogP contribution in [0.3, 0.4) is 0 Å². The maximum absolute atomic E-state index is 12.9. The first-order chi connectivity index (χ1) is 14.0. The lowest BCUT2D eigenvalue weighted by atomic mass is 10.1. The number of amides is 1. The Hall–Kier alpha value is -2.87. The molecule has 2 rings (SSSR count). The van der Waals surface area contributed by atoms with Crippen LogP contribution in [0.1, 0.15) is 5.56 Å². The molecule has 0 unspecified atom stereocenters. The van der Waals surface area contributed by atoms with Crippen LogP contribution < -0.4 is 23.8 Å². The second-order valence-corrected chi connectivity index (χ2v) is 6.52. The molecular formula is C21H24BrNO6. The molecule has 1 N–H and O–H groups in total. The number of phenols is 1. The maximum atomic E-state index is 12.9. The molecule has 0 saturated heterocycles. The molecule has 0 heterocycles. The maximum Gasteiger partial charge on any atom is 0.250 e. The van der Waals surface area contributed by atoms with Crippen LogP contribution in [0.2, 0.25) is 0 Å². The average Bonchev–Trinajstić information content (AvgIpc) is 2.74. The Labute approximate surface area is 178 Å². The van der Waals surface area contributed by atoms with Gasteiger partial charge in [-0.1, -0.05) is 28.1 Å². The van der Waals surface area contributed by atoms with Crippen molar-refractivity contribution in [3.8, 4) is 28.7 Å². The minimum absolute atomic E-state index is 0.00158. The molecule has 0 saturated carbocycles. The number of carbonyl (C=O) groups excluding carboxylic acids is 1. The summed E-state index contributed by atoms with van der Waals surface area (Å²) in [4.78, 5) is 14.4. The smallest absolute Gasteiger partial charge is 0.250 e. The molecule has 156 valence electrons. The summed E-state index contributed by atoms with van der Waals surface area (Å²) in [7, 11) is 6.02. The Morgan fingerprint density at radius 3 is 2.10 bits per heavy atom. The predicted octanol–water partition coefficient (Wildman–Crippen LogP) is 3.91. The molecule has 0 atom stereocenters. The molecule has 0 bridgehead atoms. The van der Waals surface area contributed by atoms with Gasteiger partial charge in [0.25, 0.3) is 5.91 Å². The second-order valence-electron chi connectivity index (χ2n) is 5.87. The first-order valence-corrected chi connectivity index (χ1v) is 9.81. The van der Waals surface area contributed by atoms with Gasteiger partial charge in [0.1, 0.15) is 0 Å². The van der Waals surface area contributed by atoms with Crippen molar-refractivity contribution in [2.45, 2.75) is 6.54 Å². The van der Waals surface area contributed by atoms with E-state index in [1.165, 1.54) is 34.5 Å². The highest BCUT2D eigenvalue weighted by Gasteiger charge is 2.20. The third kappa shape index (κ3) is 5.35. The third-order valence-corrected chi connectivity index (χ3v) is 4.53. The van der Waals surface area contributed by atoms with Gasteiger partial charge in [0.05, 0.1) is 40.7 Å². The van der Waals surface area contributed by atoms with Crippen LogP contribution in [0.4, 0.5) is 5.69 Å². The van der Waals surface area contributed by atoms with Gasteiger partial charge in [0.15, 0.2) is 23.0 Å². The fraction of sp³-hybridized carbons (Fsp3) is 0.286. The number of phenolic OH excluding ortho intramolecular Hbond substituents is 1. The van der Waals surface area contributed by atoms with Gasteiger partial charge in [-0.2, -0.15) is 0 Å². The van der Waals surface area contributed by atoms with Crippen LogP contribution in [0.5, 0.6) is 28.7 Å². The van der Waals surface area contributed by atoms with E-state index < -0.39 is 0 Å². The Balaban J connectivity index is 2.52. The van der Waals surface area contributed by atoms with E-state index in [0.717, 1.165) is 5.56 Å². The van der Waals surface area contributed by atoms with Crippen molar-refractivity contribution >= 4 is 27.5 Å². The number of rotatable bonds is 9. The number of alkyl halides is 1. The van der Waals surface area contributed by atoms with E-state index in [1.807, 2.05) is 0 Å². The van der Waals surface area contributed by atoms with Crippen LogP contribution in [-0.2, 0) is 11.3 Å². The van der Waals surface area contributed by atoms with Crippen LogP contribution >= 0.6 is 15.9 Å². The van der Waals surface area contributed by atoms with Crippen molar-refractivity contribution in [2.24, 2.45) is 0 Å². The topological polar surface area (TPSA) is 77.5 Å². The highest BCUT2D eigenvalue weighted by Crippen LogP contribution is 2.41. The highest BCUT2D eigenvalue weighted by molar-refractivity contribution is 9.09. The number of carbonyl (C=O) groups is 1. The Kier molecular flexibility index (Phi) is 8.21. The second kappa shape index (κ2) is 10.6. The fourth-order valence-electron chi connectivity index (χ4n) is 2.77. The lowest BCUT2D eigenvalue weighted by molar-refractivity contribution is -0.114. The zero-order valence-electron chi connectivity index (χ0n) is 16.8. The van der Waals surface area contributed by atoms with Gasteiger partial charge in [-0.3, -0.25) is 4.79 Å². The number of anilines is 1. The average molecular weight is 466 g/mol. The van der Waals surface area contributed by atoms with Gasteiger partial charge in [-0.25, -0.2) is 0 Å². The minimum Gasteiger partial charge on any atom is -0.504 e. The van der Waals surface area contributed by atoms with Crippen molar-refractivity contribution in [3.05, 3.63) is 48.0 Å². The molecular weight excluding hydrogens is 442 g/mol. The molecule has 0 aromatic heterocycles. The molecule has 7 nitrogen and oxygen atoms in total. The third-order valence-electron chi connectivity index (χ3n) is 4.16. The number of hydrogen-bond donors (Lipinski definition) is 1. The van der Waals surface area contributed by atoms with Crippen molar-refractivity contribution < 1.29 is 28.8 Å². The fourth-order valence-corrected chi connectivity index (χ4v) is 2.96. The molecule has 2 aromatic rings. The molecule has 0 aliphatic rings. The van der Waals surface area contributed by atoms with Crippen LogP contribution in [-0.4, -0.2) is 44.8 Å². The summed E-state index contributed by atoms with van der Waals surface area (Å²) in [6.07, 6.45) is 3.18. The van der Waals surface area contributed by atoms with Gasteiger partial charge in [0.2, 0.25) is 5.75 Å². The Bertz CT molecular complexity index is 858. The number of allylic oxidation sites excluding steroid dienone is 1. The zero-order chi connectivity index (χ0) is 21.4. The molecule has 1 amide bonds. The molecule has 29 heavy (non-hydrogen) atoms. The Morgan fingerprint density at radius 1 is 1.00 bits per heavy atom. The number of aromatic hydroxyl groups is 1.